The number of aromatic nitrogens is 1. The summed E-state index contributed by atoms with van der Waals surface area (Å²) in [7, 11) is 3.34. The van der Waals surface area contributed by atoms with Gasteiger partial charge in [-0.05, 0) is 42.5 Å². The van der Waals surface area contributed by atoms with Gasteiger partial charge in [0, 0.05) is 49.7 Å². The topological polar surface area (TPSA) is 100 Å². The zero-order valence-electron chi connectivity index (χ0n) is 16.9. The molecule has 0 fully saturated rings. The molecule has 1 aromatic heterocycles. The van der Waals surface area contributed by atoms with Gasteiger partial charge in [0.2, 0.25) is 0 Å². The van der Waals surface area contributed by atoms with Gasteiger partial charge in [-0.2, -0.15) is 0 Å². The van der Waals surface area contributed by atoms with E-state index >= 15 is 0 Å². The van der Waals surface area contributed by atoms with Crippen molar-refractivity contribution in [2.24, 2.45) is 5.73 Å². The summed E-state index contributed by atoms with van der Waals surface area (Å²) in [6.45, 7) is -0.0608. The largest absolute Gasteiger partial charge is 0.380 e. The van der Waals surface area contributed by atoms with Crippen molar-refractivity contribution in [1.29, 1.82) is 0 Å². The number of carbonyl (C=O) groups is 2. The van der Waals surface area contributed by atoms with E-state index in [1.54, 1.807) is 38.4 Å². The second-order valence-electron chi connectivity index (χ2n) is 6.97. The van der Waals surface area contributed by atoms with Crippen molar-refractivity contribution in [3.63, 3.8) is 0 Å². The summed E-state index contributed by atoms with van der Waals surface area (Å²) in [6, 6.07) is 11.5. The zero-order valence-corrected chi connectivity index (χ0v) is 16.9. The normalized spacial score (nSPS) is 10.5. The van der Waals surface area contributed by atoms with Crippen molar-refractivity contribution in [2.75, 3.05) is 24.7 Å². The molecule has 0 unspecified atom stereocenters. The lowest BCUT2D eigenvalue weighted by molar-refractivity contribution is 0.0827. The fourth-order valence-corrected chi connectivity index (χ4v) is 2.84. The second kappa shape index (κ2) is 9.21. The summed E-state index contributed by atoms with van der Waals surface area (Å²) >= 11 is 0. The number of primary amides is 1. The maximum Gasteiger partial charge on any atom is 0.253 e. The predicted octanol–water partition coefficient (Wildman–Crippen LogP) is 3.52. The van der Waals surface area contributed by atoms with E-state index in [2.05, 4.69) is 15.6 Å². The third kappa shape index (κ3) is 5.33. The van der Waals surface area contributed by atoms with E-state index in [0.29, 0.717) is 22.8 Å². The maximum absolute atomic E-state index is 13.9. The molecular weight excluding hydrogens is 404 g/mol. The first kappa shape index (κ1) is 21.7. The van der Waals surface area contributed by atoms with Crippen LogP contribution in [0.1, 0.15) is 26.3 Å². The number of rotatable bonds is 7. The Labute approximate surface area is 177 Å². The predicted molar refractivity (Wildman–Crippen MR) is 114 cm³/mol. The number of hydrogen-bond acceptors (Lipinski definition) is 5. The third-order valence-electron chi connectivity index (χ3n) is 4.46. The minimum absolute atomic E-state index is 0.0608. The molecule has 160 valence electrons. The Morgan fingerprint density at radius 2 is 1.77 bits per heavy atom. The highest BCUT2D eigenvalue weighted by Crippen LogP contribution is 2.23. The van der Waals surface area contributed by atoms with E-state index in [1.165, 1.54) is 17.2 Å². The molecule has 3 rings (SSSR count). The summed E-state index contributed by atoms with van der Waals surface area (Å²) in [6.07, 6.45) is 1.29. The average molecular weight is 425 g/mol. The van der Waals surface area contributed by atoms with Gasteiger partial charge in [0.25, 0.3) is 11.8 Å². The van der Waals surface area contributed by atoms with Gasteiger partial charge in [0.05, 0.1) is 11.3 Å². The van der Waals surface area contributed by atoms with Gasteiger partial charge in [0.15, 0.2) is 0 Å². The van der Waals surface area contributed by atoms with Crippen molar-refractivity contribution < 1.29 is 18.4 Å². The number of nitrogens with one attached hydrogen (secondary N) is 2. The fraction of sp³-hybridized carbons (Fsp3) is 0.136. The van der Waals surface area contributed by atoms with Crippen LogP contribution >= 0.6 is 0 Å². The van der Waals surface area contributed by atoms with Crippen LogP contribution in [0.4, 0.5) is 26.0 Å². The van der Waals surface area contributed by atoms with Gasteiger partial charge < -0.3 is 21.3 Å². The number of pyridine rings is 1. The first-order valence-electron chi connectivity index (χ1n) is 9.31. The Kier molecular flexibility index (Phi) is 6.44. The van der Waals surface area contributed by atoms with Gasteiger partial charge in [-0.25, -0.2) is 13.8 Å². The smallest absolute Gasteiger partial charge is 0.253 e. The van der Waals surface area contributed by atoms with E-state index in [1.807, 2.05) is 0 Å². The number of halogens is 2. The van der Waals surface area contributed by atoms with E-state index in [4.69, 9.17) is 5.73 Å². The minimum atomic E-state index is -0.715. The van der Waals surface area contributed by atoms with Crippen molar-refractivity contribution in [2.45, 2.75) is 6.54 Å². The number of nitrogens with zero attached hydrogens (tertiary/aromatic N) is 2. The highest BCUT2D eigenvalue weighted by molar-refractivity contribution is 5.98. The molecule has 1 heterocycles. The van der Waals surface area contributed by atoms with E-state index < -0.39 is 17.5 Å². The Bertz CT molecular complexity index is 1120. The van der Waals surface area contributed by atoms with Crippen molar-refractivity contribution in [3.05, 3.63) is 83.1 Å². The highest BCUT2D eigenvalue weighted by atomic mass is 19.1. The van der Waals surface area contributed by atoms with E-state index in [-0.39, 0.29) is 23.6 Å². The van der Waals surface area contributed by atoms with Crippen LogP contribution in [0.25, 0.3) is 0 Å². The minimum Gasteiger partial charge on any atom is -0.380 e. The van der Waals surface area contributed by atoms with Crippen LogP contribution < -0.4 is 16.4 Å². The van der Waals surface area contributed by atoms with Gasteiger partial charge in [-0.1, -0.05) is 0 Å². The van der Waals surface area contributed by atoms with Crippen LogP contribution in [0.5, 0.6) is 0 Å². The molecule has 7 nitrogen and oxygen atoms in total. The number of amides is 2. The number of benzene rings is 2. The monoisotopic (exact) mass is 425 g/mol. The molecule has 0 saturated carbocycles. The molecule has 0 aliphatic rings. The molecule has 0 aliphatic carbocycles. The number of nitrogens with two attached hydrogens (primary N) is 1. The molecule has 0 radical (unpaired) electrons. The maximum atomic E-state index is 13.9. The van der Waals surface area contributed by atoms with Gasteiger partial charge in [-0.15, -0.1) is 0 Å². The SMILES string of the molecule is CN(C)C(=O)c1ccc(Nc2cc(NCc3cc(F)ccc3F)c(C(N)=O)cn2)cc1. The fourth-order valence-electron chi connectivity index (χ4n) is 2.84. The lowest BCUT2D eigenvalue weighted by Crippen LogP contribution is -2.21. The number of carbonyl (C=O) groups excluding carboxylic acids is 2. The lowest BCUT2D eigenvalue weighted by Gasteiger charge is -2.14. The summed E-state index contributed by atoms with van der Waals surface area (Å²) in [5, 5.41) is 5.97. The van der Waals surface area contributed by atoms with Crippen LogP contribution in [0.3, 0.4) is 0 Å². The Hall–Kier alpha value is -4.01. The van der Waals surface area contributed by atoms with Crippen LogP contribution in [0, 0.1) is 11.6 Å². The molecule has 2 aromatic carbocycles. The second-order valence-corrected chi connectivity index (χ2v) is 6.97. The quantitative estimate of drug-likeness (QED) is 0.538. The molecule has 4 N–H and O–H groups in total. The standard InChI is InChI=1S/C22H21F2N5O2/c1-29(2)22(31)13-3-6-16(7-4-13)28-20-10-19(17(12-27-20)21(25)30)26-11-14-9-15(23)5-8-18(14)24/h3-10,12H,11H2,1-2H3,(H2,25,30)(H2,26,27,28). The Morgan fingerprint density at radius 1 is 1.06 bits per heavy atom. The van der Waals surface area contributed by atoms with Gasteiger partial charge >= 0.3 is 0 Å². The Morgan fingerprint density at radius 3 is 2.42 bits per heavy atom. The summed E-state index contributed by atoms with van der Waals surface area (Å²) < 4.78 is 27.3. The average Bonchev–Trinajstić information content (AvgIpc) is 2.74. The van der Waals surface area contributed by atoms with Crippen molar-refractivity contribution >= 4 is 29.0 Å². The molecular formula is C22H21F2N5O2. The first-order valence-corrected chi connectivity index (χ1v) is 9.31. The molecule has 0 saturated heterocycles. The number of anilines is 3. The van der Waals surface area contributed by atoms with Crippen LogP contribution in [-0.2, 0) is 6.54 Å². The van der Waals surface area contributed by atoms with E-state index in [9.17, 15) is 18.4 Å². The number of hydrogen-bond donors (Lipinski definition) is 3. The first-order chi connectivity index (χ1) is 14.7. The Balaban J connectivity index is 1.80. The van der Waals surface area contributed by atoms with Crippen molar-refractivity contribution in [3.8, 4) is 0 Å². The van der Waals surface area contributed by atoms with Crippen molar-refractivity contribution in [1.82, 2.24) is 9.88 Å². The molecule has 2 amide bonds. The van der Waals surface area contributed by atoms with Gasteiger partial charge in [-0.3, -0.25) is 9.59 Å². The lowest BCUT2D eigenvalue weighted by atomic mass is 10.1. The molecule has 0 atom stereocenters. The molecule has 31 heavy (non-hydrogen) atoms. The summed E-state index contributed by atoms with van der Waals surface area (Å²) in [4.78, 5) is 29.4. The van der Waals surface area contributed by atoms with Crippen LogP contribution in [0.2, 0.25) is 0 Å². The molecule has 0 spiro atoms. The van der Waals surface area contributed by atoms with Crippen LogP contribution in [0.15, 0.2) is 54.7 Å². The zero-order chi connectivity index (χ0) is 22.5. The third-order valence-corrected chi connectivity index (χ3v) is 4.46. The van der Waals surface area contributed by atoms with E-state index in [0.717, 1.165) is 18.2 Å². The highest BCUT2D eigenvalue weighted by Gasteiger charge is 2.13. The molecule has 3 aromatic rings. The molecule has 0 aliphatic heterocycles. The van der Waals surface area contributed by atoms with Gasteiger partial charge in [0.1, 0.15) is 17.5 Å². The molecule has 9 heteroatoms. The van der Waals surface area contributed by atoms with Crippen LogP contribution in [-0.4, -0.2) is 35.8 Å². The summed E-state index contributed by atoms with van der Waals surface area (Å²) in [5.41, 5.74) is 7.12. The molecule has 0 bridgehead atoms. The summed E-state index contributed by atoms with van der Waals surface area (Å²) in [5.74, 6) is -1.59.